The Balaban J connectivity index is 1.93. The van der Waals surface area contributed by atoms with Crippen LogP contribution in [-0.4, -0.2) is 12.5 Å². The minimum Gasteiger partial charge on any atom is -0.482 e. The van der Waals surface area contributed by atoms with Gasteiger partial charge in [0.1, 0.15) is 5.75 Å². The molecule has 0 atom stereocenters. The van der Waals surface area contributed by atoms with Gasteiger partial charge >= 0.3 is 0 Å². The van der Waals surface area contributed by atoms with Gasteiger partial charge < -0.3 is 9.64 Å². The lowest BCUT2D eigenvalue weighted by Crippen LogP contribution is -2.38. The summed E-state index contributed by atoms with van der Waals surface area (Å²) < 4.78 is 7.80. The summed E-state index contributed by atoms with van der Waals surface area (Å²) in [6.45, 7) is 0.685. The van der Waals surface area contributed by atoms with Crippen molar-refractivity contribution in [2.75, 3.05) is 11.5 Å². The monoisotopic (exact) mass is 491 g/mol. The highest BCUT2D eigenvalue weighted by molar-refractivity contribution is 14.1. The first-order valence-corrected chi connectivity index (χ1v) is 8.26. The van der Waals surface area contributed by atoms with Gasteiger partial charge in [-0.3, -0.25) is 4.79 Å². The number of nitrogens with zero attached hydrogens (tertiary/aromatic N) is 1. The molecule has 3 nitrogen and oxygen atoms in total. The Bertz CT molecular complexity index is 655. The third-order valence-corrected chi connectivity index (χ3v) is 4.51. The van der Waals surface area contributed by atoms with E-state index in [4.69, 9.17) is 4.74 Å². The van der Waals surface area contributed by atoms with Gasteiger partial charge in [-0.2, -0.15) is 0 Å². The van der Waals surface area contributed by atoms with Crippen molar-refractivity contribution in [3.8, 4) is 5.75 Å². The molecule has 0 saturated carbocycles. The Hall–Kier alpha value is -0.830. The van der Waals surface area contributed by atoms with Crippen LogP contribution in [0.15, 0.2) is 42.5 Å². The van der Waals surface area contributed by atoms with Crippen molar-refractivity contribution in [1.82, 2.24) is 0 Å². The van der Waals surface area contributed by atoms with Crippen molar-refractivity contribution in [3.63, 3.8) is 0 Å². The van der Waals surface area contributed by atoms with E-state index in [1.807, 2.05) is 18.2 Å². The maximum absolute atomic E-state index is 12.1. The summed E-state index contributed by atoms with van der Waals surface area (Å²) >= 11 is 4.51. The molecule has 0 saturated heterocycles. The average molecular weight is 491 g/mol. The molecule has 2 aromatic carbocycles. The Morgan fingerprint density at radius 3 is 2.50 bits per heavy atom. The smallest absolute Gasteiger partial charge is 0.265 e. The van der Waals surface area contributed by atoms with Gasteiger partial charge in [0.05, 0.1) is 12.2 Å². The predicted molar refractivity (Wildman–Crippen MR) is 95.0 cm³/mol. The lowest BCUT2D eigenvalue weighted by atomic mass is 10.1. The fourth-order valence-electron chi connectivity index (χ4n) is 2.12. The maximum atomic E-state index is 12.1. The highest BCUT2D eigenvalue weighted by atomic mass is 127. The van der Waals surface area contributed by atoms with E-state index >= 15 is 0 Å². The van der Waals surface area contributed by atoms with Crippen LogP contribution in [0.1, 0.15) is 5.56 Å². The van der Waals surface area contributed by atoms with Gasteiger partial charge in [-0.05, 0) is 81.1 Å². The predicted octanol–water partition coefficient (Wildman–Crippen LogP) is 3.82. The zero-order chi connectivity index (χ0) is 14.1. The van der Waals surface area contributed by atoms with E-state index in [-0.39, 0.29) is 12.5 Å². The van der Waals surface area contributed by atoms with Crippen molar-refractivity contribution in [3.05, 3.63) is 55.2 Å². The van der Waals surface area contributed by atoms with Gasteiger partial charge in [-0.25, -0.2) is 0 Å². The molecule has 2 aromatic rings. The molecular formula is C15H11I2NO2. The molecule has 0 bridgehead atoms. The molecule has 0 aliphatic carbocycles. The average Bonchev–Trinajstić information content (AvgIpc) is 2.44. The molecule has 0 radical (unpaired) electrons. The third-order valence-electron chi connectivity index (χ3n) is 3.12. The number of carbonyl (C=O) groups is 1. The summed E-state index contributed by atoms with van der Waals surface area (Å²) in [5.74, 6) is 0.777. The standard InChI is InChI=1S/C15H11I2NO2/c16-11-3-1-10(2-4-11)8-18-13-6-5-12(17)7-14(13)20-9-15(18)19/h1-7H,8-9H2. The molecule has 0 spiro atoms. The van der Waals surface area contributed by atoms with Crippen LogP contribution in [0.25, 0.3) is 0 Å². The van der Waals surface area contributed by atoms with Crippen LogP contribution < -0.4 is 9.64 Å². The Kier molecular flexibility index (Phi) is 4.16. The summed E-state index contributed by atoms with van der Waals surface area (Å²) in [4.78, 5) is 13.9. The minimum absolute atomic E-state index is 0.00254. The lowest BCUT2D eigenvalue weighted by molar-refractivity contribution is -0.121. The molecule has 0 N–H and O–H groups in total. The zero-order valence-corrected chi connectivity index (χ0v) is 14.8. The van der Waals surface area contributed by atoms with Crippen LogP contribution in [0.2, 0.25) is 0 Å². The largest absolute Gasteiger partial charge is 0.482 e. The topological polar surface area (TPSA) is 29.5 Å². The van der Waals surface area contributed by atoms with E-state index in [1.165, 1.54) is 3.57 Å². The molecule has 1 aliphatic rings. The number of fused-ring (bicyclic) bond motifs is 1. The van der Waals surface area contributed by atoms with Gasteiger partial charge in [-0.15, -0.1) is 0 Å². The van der Waals surface area contributed by atoms with E-state index in [9.17, 15) is 4.79 Å². The number of carbonyl (C=O) groups excluding carboxylic acids is 1. The van der Waals surface area contributed by atoms with Crippen LogP contribution in [0.5, 0.6) is 5.75 Å². The van der Waals surface area contributed by atoms with Gasteiger partial charge in [-0.1, -0.05) is 12.1 Å². The second kappa shape index (κ2) is 5.88. The van der Waals surface area contributed by atoms with Crippen molar-refractivity contribution < 1.29 is 9.53 Å². The normalized spacial score (nSPS) is 13.9. The number of anilines is 1. The van der Waals surface area contributed by atoms with E-state index in [0.717, 1.165) is 20.6 Å². The molecule has 1 amide bonds. The number of ether oxygens (including phenoxy) is 1. The highest BCUT2D eigenvalue weighted by Crippen LogP contribution is 2.34. The molecule has 0 fully saturated rings. The zero-order valence-electron chi connectivity index (χ0n) is 10.5. The van der Waals surface area contributed by atoms with Crippen molar-refractivity contribution >= 4 is 56.8 Å². The number of halogens is 2. The molecule has 0 aromatic heterocycles. The van der Waals surface area contributed by atoms with Crippen LogP contribution >= 0.6 is 45.2 Å². The summed E-state index contributed by atoms with van der Waals surface area (Å²) in [7, 11) is 0. The van der Waals surface area contributed by atoms with Crippen LogP contribution in [0, 0.1) is 7.14 Å². The van der Waals surface area contributed by atoms with Crippen LogP contribution in [0.3, 0.4) is 0 Å². The Labute approximate surface area is 144 Å². The summed E-state index contributed by atoms with van der Waals surface area (Å²) in [6, 6.07) is 14.1. The first-order chi connectivity index (χ1) is 9.63. The number of hydrogen-bond donors (Lipinski definition) is 0. The maximum Gasteiger partial charge on any atom is 0.265 e. The summed E-state index contributed by atoms with van der Waals surface area (Å²) in [6.07, 6.45) is 0. The molecular weight excluding hydrogens is 480 g/mol. The summed E-state index contributed by atoms with van der Waals surface area (Å²) in [5.41, 5.74) is 1.96. The lowest BCUT2D eigenvalue weighted by Gasteiger charge is -2.29. The first-order valence-electron chi connectivity index (χ1n) is 6.10. The van der Waals surface area contributed by atoms with E-state index < -0.39 is 0 Å². The number of benzene rings is 2. The first kappa shape index (κ1) is 14.1. The quantitative estimate of drug-likeness (QED) is 0.599. The summed E-state index contributed by atoms with van der Waals surface area (Å²) in [5, 5.41) is 0. The fraction of sp³-hybridized carbons (Fsp3) is 0.133. The van der Waals surface area contributed by atoms with Crippen LogP contribution in [-0.2, 0) is 11.3 Å². The SMILES string of the molecule is O=C1COc2cc(I)ccc2N1Cc1ccc(I)cc1. The number of rotatable bonds is 2. The molecule has 20 heavy (non-hydrogen) atoms. The van der Waals surface area contributed by atoms with E-state index in [1.54, 1.807) is 4.90 Å². The van der Waals surface area contributed by atoms with Crippen molar-refractivity contribution in [2.45, 2.75) is 6.54 Å². The molecule has 3 rings (SSSR count). The number of amides is 1. The Morgan fingerprint density at radius 2 is 1.75 bits per heavy atom. The van der Waals surface area contributed by atoms with Gasteiger partial charge in [0.25, 0.3) is 5.91 Å². The number of hydrogen-bond acceptors (Lipinski definition) is 2. The van der Waals surface area contributed by atoms with Crippen molar-refractivity contribution in [1.29, 1.82) is 0 Å². The third kappa shape index (κ3) is 2.93. The molecule has 0 unspecified atom stereocenters. The molecule has 102 valence electrons. The van der Waals surface area contributed by atoms with Crippen molar-refractivity contribution in [2.24, 2.45) is 0 Å². The van der Waals surface area contributed by atoms with Gasteiger partial charge in [0.15, 0.2) is 6.61 Å². The van der Waals surface area contributed by atoms with Gasteiger partial charge in [0.2, 0.25) is 0 Å². The van der Waals surface area contributed by atoms with Gasteiger partial charge in [0, 0.05) is 7.14 Å². The fourth-order valence-corrected chi connectivity index (χ4v) is 2.95. The second-order valence-electron chi connectivity index (χ2n) is 4.51. The second-order valence-corrected chi connectivity index (χ2v) is 7.00. The van der Waals surface area contributed by atoms with E-state index in [2.05, 4.69) is 69.4 Å². The highest BCUT2D eigenvalue weighted by Gasteiger charge is 2.25. The minimum atomic E-state index is -0.00254. The molecule has 1 aliphatic heterocycles. The van der Waals surface area contributed by atoms with E-state index in [0.29, 0.717) is 6.54 Å². The Morgan fingerprint density at radius 1 is 1.05 bits per heavy atom. The van der Waals surface area contributed by atoms with Crippen LogP contribution in [0.4, 0.5) is 5.69 Å². The molecule has 1 heterocycles. The molecule has 5 heteroatoms.